The molecule has 0 aromatic rings. The largest absolute Gasteiger partial charge is 0.353 e. The molecular formula is C11H18O2. The Kier molecular flexibility index (Phi) is 2.20. The number of methoxy groups -OCH3 is 1. The van der Waals surface area contributed by atoms with Gasteiger partial charge in [0.05, 0.1) is 6.61 Å². The molecule has 0 N–H and O–H groups in total. The summed E-state index contributed by atoms with van der Waals surface area (Å²) in [5.41, 5.74) is 0.240. The predicted octanol–water partition coefficient (Wildman–Crippen LogP) is 2.50. The van der Waals surface area contributed by atoms with Gasteiger partial charge in [-0.25, -0.2) is 0 Å². The van der Waals surface area contributed by atoms with Gasteiger partial charge >= 0.3 is 0 Å². The van der Waals surface area contributed by atoms with Gasteiger partial charge in [0.1, 0.15) is 0 Å². The van der Waals surface area contributed by atoms with Crippen molar-refractivity contribution in [2.24, 2.45) is 5.41 Å². The van der Waals surface area contributed by atoms with Crippen LogP contribution in [0.25, 0.3) is 0 Å². The van der Waals surface area contributed by atoms with Crippen LogP contribution in [0.5, 0.6) is 0 Å². The van der Waals surface area contributed by atoms with Crippen molar-refractivity contribution < 1.29 is 9.47 Å². The van der Waals surface area contributed by atoms with Gasteiger partial charge in [0.2, 0.25) is 0 Å². The quantitative estimate of drug-likeness (QED) is 0.624. The van der Waals surface area contributed by atoms with Gasteiger partial charge in [0.25, 0.3) is 0 Å². The van der Waals surface area contributed by atoms with Crippen LogP contribution < -0.4 is 0 Å². The van der Waals surface area contributed by atoms with Crippen LogP contribution in [-0.2, 0) is 9.47 Å². The second-order valence-electron chi connectivity index (χ2n) is 4.18. The van der Waals surface area contributed by atoms with Gasteiger partial charge in [-0.1, -0.05) is 6.08 Å². The van der Waals surface area contributed by atoms with E-state index >= 15 is 0 Å². The highest BCUT2D eigenvalue weighted by Gasteiger charge is 2.59. The first kappa shape index (κ1) is 9.22. The Morgan fingerprint density at radius 3 is 3.00 bits per heavy atom. The van der Waals surface area contributed by atoms with E-state index in [4.69, 9.17) is 9.47 Å². The molecule has 74 valence electrons. The topological polar surface area (TPSA) is 18.5 Å². The van der Waals surface area contributed by atoms with Crippen molar-refractivity contribution in [2.45, 2.75) is 37.9 Å². The van der Waals surface area contributed by atoms with Gasteiger partial charge < -0.3 is 9.47 Å². The van der Waals surface area contributed by atoms with Gasteiger partial charge in [0.15, 0.2) is 5.79 Å². The van der Waals surface area contributed by atoms with E-state index in [1.165, 1.54) is 12.8 Å². The van der Waals surface area contributed by atoms with Gasteiger partial charge in [-0.2, -0.15) is 0 Å². The van der Waals surface area contributed by atoms with Crippen LogP contribution in [0.15, 0.2) is 12.7 Å². The maximum atomic E-state index is 5.80. The molecule has 2 rings (SSSR count). The monoisotopic (exact) mass is 182 g/mol. The van der Waals surface area contributed by atoms with Crippen LogP contribution in [0, 0.1) is 5.41 Å². The molecule has 0 amide bonds. The van der Waals surface area contributed by atoms with E-state index in [1.54, 1.807) is 7.11 Å². The fourth-order valence-corrected chi connectivity index (χ4v) is 3.08. The normalized spacial score (nSPS) is 43.5. The van der Waals surface area contributed by atoms with Crippen LogP contribution >= 0.6 is 0 Å². The average Bonchev–Trinajstić information content (AvgIpc) is 2.59. The maximum Gasteiger partial charge on any atom is 0.173 e. The third-order valence-corrected chi connectivity index (χ3v) is 3.75. The third-order valence-electron chi connectivity index (χ3n) is 3.75. The highest BCUT2D eigenvalue weighted by atomic mass is 16.7. The van der Waals surface area contributed by atoms with Gasteiger partial charge in [-0.3, -0.25) is 0 Å². The van der Waals surface area contributed by atoms with E-state index < -0.39 is 0 Å². The Balaban J connectivity index is 2.27. The van der Waals surface area contributed by atoms with E-state index in [9.17, 15) is 0 Å². The fraction of sp³-hybridized carbons (Fsp3) is 0.818. The standard InChI is InChI=1S/C11H18O2/c1-3-5-10-6-4-7-11(10,12-2)13-9-8-10/h3H,1,4-9H2,2H3. The molecule has 0 aromatic carbocycles. The van der Waals surface area contributed by atoms with E-state index in [-0.39, 0.29) is 11.2 Å². The summed E-state index contributed by atoms with van der Waals surface area (Å²) in [6, 6.07) is 0. The molecule has 2 unspecified atom stereocenters. The first-order chi connectivity index (χ1) is 6.29. The molecule has 1 aliphatic heterocycles. The van der Waals surface area contributed by atoms with Crippen molar-refractivity contribution >= 4 is 0 Å². The van der Waals surface area contributed by atoms with Gasteiger partial charge in [-0.15, -0.1) is 6.58 Å². The second-order valence-corrected chi connectivity index (χ2v) is 4.18. The summed E-state index contributed by atoms with van der Waals surface area (Å²) in [5, 5.41) is 0. The van der Waals surface area contributed by atoms with Crippen LogP contribution in [0.3, 0.4) is 0 Å². The molecule has 0 bridgehead atoms. The molecule has 2 heteroatoms. The highest BCUT2D eigenvalue weighted by Crippen LogP contribution is 2.57. The molecule has 2 aliphatic rings. The van der Waals surface area contributed by atoms with Crippen molar-refractivity contribution in [3.8, 4) is 0 Å². The van der Waals surface area contributed by atoms with Gasteiger partial charge in [0, 0.05) is 18.9 Å². The van der Waals surface area contributed by atoms with Crippen molar-refractivity contribution in [1.82, 2.24) is 0 Å². The minimum atomic E-state index is -0.277. The van der Waals surface area contributed by atoms with Crippen molar-refractivity contribution in [2.75, 3.05) is 13.7 Å². The lowest BCUT2D eigenvalue weighted by atomic mass is 9.77. The third kappa shape index (κ3) is 1.09. The smallest absolute Gasteiger partial charge is 0.173 e. The number of hydrogen-bond acceptors (Lipinski definition) is 2. The zero-order chi connectivity index (χ0) is 9.36. The minimum absolute atomic E-state index is 0.240. The summed E-state index contributed by atoms with van der Waals surface area (Å²) in [7, 11) is 1.77. The van der Waals surface area contributed by atoms with E-state index in [0.717, 1.165) is 25.9 Å². The van der Waals surface area contributed by atoms with Crippen molar-refractivity contribution in [1.29, 1.82) is 0 Å². The number of rotatable bonds is 3. The van der Waals surface area contributed by atoms with Crippen LogP contribution in [-0.4, -0.2) is 19.5 Å². The lowest BCUT2D eigenvalue weighted by molar-refractivity contribution is -0.231. The summed E-state index contributed by atoms with van der Waals surface area (Å²) in [5.74, 6) is -0.277. The summed E-state index contributed by atoms with van der Waals surface area (Å²) < 4.78 is 11.4. The number of allylic oxidation sites excluding steroid dienone is 1. The Labute approximate surface area is 79.9 Å². The lowest BCUT2D eigenvalue weighted by Gasteiger charge is -2.37. The average molecular weight is 182 g/mol. The van der Waals surface area contributed by atoms with Crippen LogP contribution in [0.4, 0.5) is 0 Å². The summed E-state index contributed by atoms with van der Waals surface area (Å²) in [6.07, 6.45) is 7.67. The predicted molar refractivity (Wildman–Crippen MR) is 51.4 cm³/mol. The summed E-state index contributed by atoms with van der Waals surface area (Å²) in [4.78, 5) is 0. The molecule has 1 aliphatic carbocycles. The zero-order valence-electron chi connectivity index (χ0n) is 8.34. The number of fused-ring (bicyclic) bond motifs is 1. The first-order valence-electron chi connectivity index (χ1n) is 5.09. The molecule has 2 nitrogen and oxygen atoms in total. The zero-order valence-corrected chi connectivity index (χ0v) is 8.34. The first-order valence-corrected chi connectivity index (χ1v) is 5.09. The van der Waals surface area contributed by atoms with Crippen molar-refractivity contribution in [3.63, 3.8) is 0 Å². The second kappa shape index (κ2) is 3.10. The SMILES string of the molecule is C=CCC12CCCC1(OC)OCC2. The molecule has 0 spiro atoms. The fourth-order valence-electron chi connectivity index (χ4n) is 3.08. The molecule has 1 heterocycles. The summed E-state index contributed by atoms with van der Waals surface area (Å²) in [6.45, 7) is 4.68. The van der Waals surface area contributed by atoms with Crippen molar-refractivity contribution in [3.05, 3.63) is 12.7 Å². The molecule has 0 radical (unpaired) electrons. The summed E-state index contributed by atoms with van der Waals surface area (Å²) >= 11 is 0. The molecule has 1 saturated heterocycles. The highest BCUT2D eigenvalue weighted by molar-refractivity contribution is 5.05. The molecule has 0 aromatic heterocycles. The van der Waals surface area contributed by atoms with E-state index in [0.29, 0.717) is 0 Å². The molecule has 13 heavy (non-hydrogen) atoms. The molecule has 2 atom stereocenters. The Morgan fingerprint density at radius 1 is 1.46 bits per heavy atom. The lowest BCUT2D eigenvalue weighted by Crippen LogP contribution is -2.41. The number of ether oxygens (including phenoxy) is 2. The van der Waals surface area contributed by atoms with E-state index in [2.05, 4.69) is 6.58 Å². The maximum absolute atomic E-state index is 5.80. The molecule has 1 saturated carbocycles. The molecular weight excluding hydrogens is 164 g/mol. The Bertz CT molecular complexity index is 200. The Morgan fingerprint density at radius 2 is 2.31 bits per heavy atom. The Hall–Kier alpha value is -0.340. The van der Waals surface area contributed by atoms with Crippen LogP contribution in [0.2, 0.25) is 0 Å². The minimum Gasteiger partial charge on any atom is -0.353 e. The number of hydrogen-bond donors (Lipinski definition) is 0. The van der Waals surface area contributed by atoms with Gasteiger partial charge in [-0.05, 0) is 25.7 Å². The molecule has 2 fully saturated rings. The van der Waals surface area contributed by atoms with E-state index in [1.807, 2.05) is 6.08 Å². The van der Waals surface area contributed by atoms with Crippen LogP contribution in [0.1, 0.15) is 32.1 Å².